The Balaban J connectivity index is 2.10. The smallest absolute Gasteiger partial charge is 0.332 e. The molecule has 1 saturated carbocycles. The van der Waals surface area contributed by atoms with Gasteiger partial charge in [-0.2, -0.15) is 4.68 Å². The van der Waals surface area contributed by atoms with Gasteiger partial charge in [-0.1, -0.05) is 6.07 Å². The van der Waals surface area contributed by atoms with Crippen LogP contribution in [0.25, 0.3) is 16.8 Å². The van der Waals surface area contributed by atoms with E-state index >= 15 is 0 Å². The van der Waals surface area contributed by atoms with Gasteiger partial charge in [0.1, 0.15) is 5.82 Å². The van der Waals surface area contributed by atoms with E-state index in [1.54, 1.807) is 25.3 Å². The second-order valence-electron chi connectivity index (χ2n) is 6.60. The molecule has 7 nitrogen and oxygen atoms in total. The molecule has 134 valence electrons. The lowest BCUT2D eigenvalue weighted by molar-refractivity contribution is 0.615. The Bertz CT molecular complexity index is 1140. The fourth-order valence-electron chi connectivity index (χ4n) is 3.38. The van der Waals surface area contributed by atoms with Crippen LogP contribution in [0, 0.1) is 12.7 Å². The molecular weight excluding hydrogens is 337 g/mol. The molecule has 0 amide bonds. The molecule has 3 heterocycles. The van der Waals surface area contributed by atoms with Gasteiger partial charge in [-0.15, -0.1) is 0 Å². The van der Waals surface area contributed by atoms with Gasteiger partial charge in [0.2, 0.25) is 0 Å². The van der Waals surface area contributed by atoms with Crippen LogP contribution in [-0.4, -0.2) is 14.1 Å². The summed E-state index contributed by atoms with van der Waals surface area (Å²) in [5.41, 5.74) is 7.18. The molecule has 1 fully saturated rings. The molecule has 8 heteroatoms. The first kappa shape index (κ1) is 16.5. The molecule has 0 radical (unpaired) electrons. The molecule has 0 aromatic carbocycles. The van der Waals surface area contributed by atoms with Crippen molar-refractivity contribution in [2.24, 2.45) is 5.73 Å². The highest BCUT2D eigenvalue weighted by atomic mass is 19.1. The summed E-state index contributed by atoms with van der Waals surface area (Å²) in [5.74, 6) is 5.05. The molecule has 3 aromatic rings. The summed E-state index contributed by atoms with van der Waals surface area (Å²) in [6.45, 7) is 2.03. The first-order valence-electron chi connectivity index (χ1n) is 8.34. The van der Waals surface area contributed by atoms with Crippen LogP contribution in [-0.2, 0) is 6.54 Å². The number of pyridine rings is 2. The van der Waals surface area contributed by atoms with Crippen LogP contribution < -0.4 is 22.8 Å². The third kappa shape index (κ3) is 2.33. The van der Waals surface area contributed by atoms with Gasteiger partial charge < -0.3 is 11.6 Å². The first-order chi connectivity index (χ1) is 12.4. The van der Waals surface area contributed by atoms with Gasteiger partial charge in [0.25, 0.3) is 5.56 Å². The van der Waals surface area contributed by atoms with E-state index in [1.807, 2.05) is 0 Å². The number of aryl methyl sites for hydroxylation is 1. The topological polar surface area (TPSA) is 108 Å². The van der Waals surface area contributed by atoms with Crippen molar-refractivity contribution in [3.63, 3.8) is 0 Å². The van der Waals surface area contributed by atoms with Crippen molar-refractivity contribution in [3.05, 3.63) is 67.9 Å². The number of nitrogens with zero attached hydrogens (tertiary/aromatic N) is 3. The van der Waals surface area contributed by atoms with Crippen molar-refractivity contribution in [3.8, 4) is 11.3 Å². The summed E-state index contributed by atoms with van der Waals surface area (Å²) >= 11 is 0. The van der Waals surface area contributed by atoms with Gasteiger partial charge in [-0.05, 0) is 42.9 Å². The number of nitrogen functional groups attached to an aromatic ring is 1. The average Bonchev–Trinajstić information content (AvgIpc) is 3.46. The molecule has 0 spiro atoms. The van der Waals surface area contributed by atoms with Crippen LogP contribution in [0.3, 0.4) is 0 Å². The van der Waals surface area contributed by atoms with E-state index in [1.165, 1.54) is 0 Å². The van der Waals surface area contributed by atoms with E-state index in [-0.39, 0.29) is 11.5 Å². The normalized spacial score (nSPS) is 14.1. The van der Waals surface area contributed by atoms with E-state index in [2.05, 4.69) is 4.98 Å². The Hall–Kier alpha value is -3.00. The second-order valence-corrected chi connectivity index (χ2v) is 6.60. The van der Waals surface area contributed by atoms with Gasteiger partial charge in [0.05, 0.1) is 17.4 Å². The highest BCUT2D eigenvalue weighted by molar-refractivity contribution is 5.75. The number of fused-ring (bicyclic) bond motifs is 1. The molecular formula is C18H18FN5O2. The van der Waals surface area contributed by atoms with E-state index in [0.717, 1.165) is 29.0 Å². The van der Waals surface area contributed by atoms with Crippen molar-refractivity contribution < 1.29 is 4.39 Å². The van der Waals surface area contributed by atoms with Crippen molar-refractivity contribution in [1.82, 2.24) is 14.1 Å². The predicted molar refractivity (Wildman–Crippen MR) is 95.9 cm³/mol. The van der Waals surface area contributed by atoms with Crippen LogP contribution in [0.15, 0.2) is 34.1 Å². The Labute approximate surface area is 147 Å². The first-order valence-corrected chi connectivity index (χ1v) is 8.34. The third-order valence-electron chi connectivity index (χ3n) is 4.87. The molecule has 26 heavy (non-hydrogen) atoms. The lowest BCUT2D eigenvalue weighted by Crippen LogP contribution is -2.44. The number of aromatic nitrogens is 3. The zero-order chi connectivity index (χ0) is 18.6. The molecule has 0 aliphatic heterocycles. The standard InChI is InChI=1S/C18H18FN5O2/c1-9-14(13-5-2-10(6-20)7-22-13)12(19)8-23-16(9)15(11-3-4-11)17(25)24(21)18(23)26/h2,5,7-8,11H,3-4,6,20-21H2,1H3. The molecule has 0 atom stereocenters. The zero-order valence-electron chi connectivity index (χ0n) is 14.2. The molecule has 1 aliphatic rings. The number of nitrogens with two attached hydrogens (primary N) is 2. The minimum absolute atomic E-state index is 0.0393. The van der Waals surface area contributed by atoms with Crippen LogP contribution in [0.1, 0.15) is 35.4 Å². The van der Waals surface area contributed by atoms with E-state index in [4.69, 9.17) is 11.6 Å². The van der Waals surface area contributed by atoms with Crippen molar-refractivity contribution in [2.45, 2.75) is 32.2 Å². The fraction of sp³-hybridized carbons (Fsp3) is 0.278. The Morgan fingerprint density at radius 3 is 2.62 bits per heavy atom. The lowest BCUT2D eigenvalue weighted by atomic mass is 10.0. The Morgan fingerprint density at radius 2 is 2.04 bits per heavy atom. The van der Waals surface area contributed by atoms with Crippen LogP contribution >= 0.6 is 0 Å². The predicted octanol–water partition coefficient (Wildman–Crippen LogP) is 1.02. The maximum absolute atomic E-state index is 14.9. The summed E-state index contributed by atoms with van der Waals surface area (Å²) in [6, 6.07) is 3.46. The lowest BCUT2D eigenvalue weighted by Gasteiger charge is -2.15. The number of rotatable bonds is 3. The van der Waals surface area contributed by atoms with Crippen molar-refractivity contribution in [1.29, 1.82) is 0 Å². The number of hydrogen-bond acceptors (Lipinski definition) is 5. The van der Waals surface area contributed by atoms with Gasteiger partial charge in [-0.25, -0.2) is 9.18 Å². The molecule has 3 aromatic heterocycles. The minimum atomic E-state index is -0.769. The van der Waals surface area contributed by atoms with Crippen molar-refractivity contribution in [2.75, 3.05) is 5.84 Å². The molecule has 0 bridgehead atoms. The average molecular weight is 355 g/mol. The monoisotopic (exact) mass is 355 g/mol. The van der Waals surface area contributed by atoms with E-state index < -0.39 is 17.1 Å². The van der Waals surface area contributed by atoms with Gasteiger partial charge in [0.15, 0.2) is 0 Å². The Morgan fingerprint density at radius 1 is 1.31 bits per heavy atom. The van der Waals surface area contributed by atoms with Gasteiger partial charge >= 0.3 is 5.69 Å². The quantitative estimate of drug-likeness (QED) is 0.682. The number of halogens is 1. The van der Waals surface area contributed by atoms with Crippen molar-refractivity contribution >= 4 is 5.52 Å². The van der Waals surface area contributed by atoms with E-state index in [9.17, 15) is 14.0 Å². The molecule has 1 aliphatic carbocycles. The summed E-state index contributed by atoms with van der Waals surface area (Å²) in [5, 5.41) is 0. The fourth-order valence-corrected chi connectivity index (χ4v) is 3.38. The molecule has 0 saturated heterocycles. The molecule has 4 N–H and O–H groups in total. The van der Waals surface area contributed by atoms with Crippen LogP contribution in [0.4, 0.5) is 4.39 Å². The highest BCUT2D eigenvalue weighted by Gasteiger charge is 2.32. The summed E-state index contributed by atoms with van der Waals surface area (Å²) in [6.07, 6.45) is 4.36. The number of hydrogen-bond donors (Lipinski definition) is 2. The highest BCUT2D eigenvalue weighted by Crippen LogP contribution is 2.41. The summed E-state index contributed by atoms with van der Waals surface area (Å²) in [7, 11) is 0. The molecule has 4 rings (SSSR count). The third-order valence-corrected chi connectivity index (χ3v) is 4.87. The van der Waals surface area contributed by atoms with Gasteiger partial charge in [-0.3, -0.25) is 14.2 Å². The minimum Gasteiger partial charge on any atom is -0.332 e. The van der Waals surface area contributed by atoms with Crippen LogP contribution in [0.5, 0.6) is 0 Å². The second kappa shape index (κ2) is 5.77. The van der Waals surface area contributed by atoms with E-state index in [0.29, 0.717) is 33.6 Å². The zero-order valence-corrected chi connectivity index (χ0v) is 14.2. The largest absolute Gasteiger partial charge is 0.354 e. The van der Waals surface area contributed by atoms with Gasteiger partial charge in [0, 0.05) is 23.9 Å². The summed E-state index contributed by atoms with van der Waals surface area (Å²) in [4.78, 5) is 29.2. The SMILES string of the molecule is Cc1c(-c2ccc(CN)cn2)c(F)cn2c(=O)n(N)c(=O)c(C3CC3)c12. The maximum atomic E-state index is 14.9. The summed E-state index contributed by atoms with van der Waals surface area (Å²) < 4.78 is 16.5. The Kier molecular flexibility index (Phi) is 3.66. The molecule has 0 unspecified atom stereocenters. The maximum Gasteiger partial charge on any atom is 0.354 e. The van der Waals surface area contributed by atoms with Crippen LogP contribution in [0.2, 0.25) is 0 Å².